The van der Waals surface area contributed by atoms with Crippen LogP contribution in [0.4, 0.5) is 30.2 Å². The molecule has 184 valence electrons. The van der Waals surface area contributed by atoms with Crippen molar-refractivity contribution in [3.8, 4) is 0 Å². The molecule has 1 heterocycles. The van der Waals surface area contributed by atoms with E-state index in [9.17, 15) is 34.8 Å². The number of nitrogens with one attached hydrogen (secondary N) is 2. The molecule has 6 N–H and O–H groups in total. The zero-order valence-corrected chi connectivity index (χ0v) is 19.4. The number of carboxylic acid groups (broad SMARTS) is 2. The number of alkyl halides is 3. The first-order valence-electron chi connectivity index (χ1n) is 8.30. The van der Waals surface area contributed by atoms with Crippen LogP contribution in [-0.2, 0) is 24.8 Å². The van der Waals surface area contributed by atoms with E-state index in [2.05, 4.69) is 30.4 Å². The molecule has 0 unspecified atom stereocenters. The van der Waals surface area contributed by atoms with Gasteiger partial charge in [0.25, 0.3) is 20.0 Å². The molecular weight excluding hydrogens is 577 g/mol. The molecule has 0 saturated carbocycles. The van der Waals surface area contributed by atoms with Gasteiger partial charge < -0.3 is 21.3 Å². The van der Waals surface area contributed by atoms with Crippen molar-refractivity contribution in [3.05, 3.63) is 40.4 Å². The molecule has 0 aromatic heterocycles. The number of sulfonamides is 2. The third kappa shape index (κ3) is 6.14. The number of nitrogens with zero attached hydrogens (tertiary/aromatic N) is 1. The van der Waals surface area contributed by atoms with Gasteiger partial charge in [-0.15, -0.1) is 4.40 Å². The summed E-state index contributed by atoms with van der Waals surface area (Å²) in [7, 11) is -8.29. The average Bonchev–Trinajstić information content (AvgIpc) is 2.69. The minimum atomic E-state index is -5.08. The van der Waals surface area contributed by atoms with Gasteiger partial charge in [0.15, 0.2) is 0 Å². The van der Waals surface area contributed by atoms with Gasteiger partial charge in [-0.1, -0.05) is 15.9 Å². The van der Waals surface area contributed by atoms with Gasteiger partial charge in [0.2, 0.25) is 0 Å². The summed E-state index contributed by atoms with van der Waals surface area (Å²) in [6, 6.07) is 5.93. The first-order chi connectivity index (χ1) is 15.5. The Balaban J connectivity index is 0.000000509. The minimum absolute atomic E-state index is 0.168. The van der Waals surface area contributed by atoms with Crippen LogP contribution in [0.5, 0.6) is 0 Å². The predicted molar refractivity (Wildman–Crippen MR) is 116 cm³/mol. The number of benzene rings is 2. The summed E-state index contributed by atoms with van der Waals surface area (Å²) in [4.78, 5) is 19.5. The zero-order chi connectivity index (χ0) is 26.1. The fraction of sp³-hybridized carbons (Fsp3) is 0.0625. The molecule has 2 aromatic rings. The zero-order valence-electron chi connectivity index (χ0n) is 16.2. The number of fused-ring (bicyclic) bond motifs is 1. The van der Waals surface area contributed by atoms with Crippen molar-refractivity contribution in [3.63, 3.8) is 0 Å². The number of aliphatic carboxylic acids is 1. The van der Waals surface area contributed by atoms with E-state index in [0.717, 1.165) is 12.4 Å². The summed E-state index contributed by atoms with van der Waals surface area (Å²) in [6.45, 7) is 0. The number of nitrogen functional groups attached to an aromatic ring is 1. The first kappa shape index (κ1) is 26.9. The SMILES string of the molecule is Nc1c(NS(=O)(=O)c2ccc3c(c2)S(=O)(=O)N=CN3)cc(Br)cc1C(=O)O.O=C(O)C(F)(F)F. The second-order valence-electron chi connectivity index (χ2n) is 6.14. The van der Waals surface area contributed by atoms with Gasteiger partial charge in [-0.3, -0.25) is 4.72 Å². The highest BCUT2D eigenvalue weighted by Gasteiger charge is 2.38. The van der Waals surface area contributed by atoms with Crippen LogP contribution >= 0.6 is 15.9 Å². The molecule has 18 heteroatoms. The second kappa shape index (κ2) is 9.47. The predicted octanol–water partition coefficient (Wildman–Crippen LogP) is 2.31. The van der Waals surface area contributed by atoms with Crippen molar-refractivity contribution in [2.75, 3.05) is 15.8 Å². The molecule has 0 atom stereocenters. The fourth-order valence-electron chi connectivity index (χ4n) is 2.31. The van der Waals surface area contributed by atoms with Crippen molar-refractivity contribution in [2.24, 2.45) is 4.40 Å². The van der Waals surface area contributed by atoms with E-state index in [-0.39, 0.29) is 32.4 Å². The maximum atomic E-state index is 12.7. The molecule has 0 bridgehead atoms. The number of rotatable bonds is 4. The van der Waals surface area contributed by atoms with Crippen LogP contribution in [0.25, 0.3) is 0 Å². The first-order valence-corrected chi connectivity index (χ1v) is 12.0. The van der Waals surface area contributed by atoms with Gasteiger partial charge in [0, 0.05) is 4.47 Å². The van der Waals surface area contributed by atoms with Gasteiger partial charge in [0.05, 0.1) is 27.5 Å². The fourth-order valence-corrected chi connectivity index (χ4v) is 4.92. The Labute approximate surface area is 197 Å². The van der Waals surface area contributed by atoms with E-state index in [0.29, 0.717) is 4.47 Å². The lowest BCUT2D eigenvalue weighted by Gasteiger charge is -2.15. The Kier molecular flexibility index (Phi) is 7.48. The number of hydrogen-bond donors (Lipinski definition) is 5. The molecule has 34 heavy (non-hydrogen) atoms. The topological polar surface area (TPSA) is 205 Å². The number of aromatic carboxylic acids is 1. The number of nitrogens with two attached hydrogens (primary N) is 1. The van der Waals surface area contributed by atoms with Gasteiger partial charge in [-0.2, -0.15) is 21.6 Å². The van der Waals surface area contributed by atoms with E-state index in [4.69, 9.17) is 20.7 Å². The van der Waals surface area contributed by atoms with Crippen molar-refractivity contribution >= 4 is 71.3 Å². The molecule has 3 rings (SSSR count). The lowest BCUT2D eigenvalue weighted by molar-refractivity contribution is -0.192. The van der Waals surface area contributed by atoms with Crippen molar-refractivity contribution < 1.29 is 49.8 Å². The van der Waals surface area contributed by atoms with Crippen LogP contribution in [0.2, 0.25) is 0 Å². The average molecular weight is 589 g/mol. The number of carbonyl (C=O) groups is 2. The molecule has 0 spiro atoms. The Morgan fingerprint density at radius 2 is 1.74 bits per heavy atom. The third-order valence-corrected chi connectivity index (χ3v) is 6.91. The van der Waals surface area contributed by atoms with Crippen molar-refractivity contribution in [1.29, 1.82) is 0 Å². The van der Waals surface area contributed by atoms with Crippen LogP contribution in [0, 0.1) is 0 Å². The van der Waals surface area contributed by atoms with Gasteiger partial charge in [-0.25, -0.2) is 18.0 Å². The highest BCUT2D eigenvalue weighted by Crippen LogP contribution is 2.32. The van der Waals surface area contributed by atoms with Gasteiger partial charge in [-0.05, 0) is 30.3 Å². The summed E-state index contributed by atoms with van der Waals surface area (Å²) in [5.41, 5.74) is 5.17. The summed E-state index contributed by atoms with van der Waals surface area (Å²) >= 11 is 3.09. The van der Waals surface area contributed by atoms with E-state index >= 15 is 0 Å². The Bertz CT molecular complexity index is 1410. The Hall–Kier alpha value is -3.38. The summed E-state index contributed by atoms with van der Waals surface area (Å²) < 4.78 is 86.8. The lowest BCUT2D eigenvalue weighted by Crippen LogP contribution is -2.21. The maximum absolute atomic E-state index is 12.7. The van der Waals surface area contributed by atoms with Crippen molar-refractivity contribution in [2.45, 2.75) is 16.0 Å². The highest BCUT2D eigenvalue weighted by molar-refractivity contribution is 9.10. The van der Waals surface area contributed by atoms with Gasteiger partial charge >= 0.3 is 18.1 Å². The number of anilines is 3. The standard InChI is InChI=1S/C14H11BrN4O6S2.C2HF3O2/c15-7-3-9(14(20)21)13(16)11(4-7)19-26(22,23)8-1-2-10-12(5-8)27(24,25)18-6-17-10;3-2(4,5)1(6)7/h1-6,19H,16H2,(H,17,18)(H,20,21);(H,6,7). The second-order valence-corrected chi connectivity index (χ2v) is 10.3. The van der Waals surface area contributed by atoms with Crippen molar-refractivity contribution in [1.82, 2.24) is 0 Å². The molecular formula is C16H12BrF3N4O8S2. The molecule has 0 fully saturated rings. The smallest absolute Gasteiger partial charge is 0.478 e. The number of hydrogen-bond acceptors (Lipinski definition) is 8. The highest BCUT2D eigenvalue weighted by atomic mass is 79.9. The normalized spacial score (nSPS) is 14.1. The van der Waals surface area contributed by atoms with E-state index < -0.39 is 38.2 Å². The maximum Gasteiger partial charge on any atom is 0.490 e. The number of halogens is 4. The molecule has 2 aromatic carbocycles. The van der Waals surface area contributed by atoms with Crippen LogP contribution in [0.15, 0.2) is 49.0 Å². The molecule has 0 radical (unpaired) electrons. The largest absolute Gasteiger partial charge is 0.490 e. The molecule has 1 aliphatic rings. The molecule has 0 amide bonds. The van der Waals surface area contributed by atoms with Crippen LogP contribution in [-0.4, -0.2) is 51.5 Å². The molecule has 0 aliphatic carbocycles. The monoisotopic (exact) mass is 588 g/mol. The Morgan fingerprint density at radius 1 is 1.15 bits per heavy atom. The molecule has 1 aliphatic heterocycles. The van der Waals surface area contributed by atoms with Gasteiger partial charge in [0.1, 0.15) is 11.2 Å². The summed E-state index contributed by atoms with van der Waals surface area (Å²) in [6.07, 6.45) is -4.10. The van der Waals surface area contributed by atoms with E-state index in [1.165, 1.54) is 24.3 Å². The quantitative estimate of drug-likeness (QED) is 0.329. The van der Waals surface area contributed by atoms with Crippen LogP contribution < -0.4 is 15.8 Å². The minimum Gasteiger partial charge on any atom is -0.478 e. The lowest BCUT2D eigenvalue weighted by atomic mass is 10.1. The Morgan fingerprint density at radius 3 is 2.26 bits per heavy atom. The molecule has 0 saturated heterocycles. The molecule has 12 nitrogen and oxygen atoms in total. The van der Waals surface area contributed by atoms with E-state index in [1.807, 2.05) is 0 Å². The van der Waals surface area contributed by atoms with Crippen LogP contribution in [0.1, 0.15) is 10.4 Å². The third-order valence-electron chi connectivity index (χ3n) is 3.81. The summed E-state index contributed by atoms with van der Waals surface area (Å²) in [5, 5.41) is 18.9. The van der Waals surface area contributed by atoms with E-state index in [1.54, 1.807) is 0 Å². The number of carboxylic acids is 2. The summed E-state index contributed by atoms with van der Waals surface area (Å²) in [5.74, 6) is -4.09. The van der Waals surface area contributed by atoms with Crippen LogP contribution in [0.3, 0.4) is 0 Å².